The second kappa shape index (κ2) is 7.55. The summed E-state index contributed by atoms with van der Waals surface area (Å²) >= 11 is 1.71. The Morgan fingerprint density at radius 3 is 2.79 bits per heavy atom. The predicted octanol–water partition coefficient (Wildman–Crippen LogP) is 4.93. The summed E-state index contributed by atoms with van der Waals surface area (Å²) in [6.45, 7) is 2.05. The fourth-order valence-corrected chi connectivity index (χ4v) is 3.74. The molecule has 4 aromatic heterocycles. The van der Waals surface area contributed by atoms with Gasteiger partial charge in [0, 0.05) is 37.0 Å². The maximum Gasteiger partial charge on any atom is 0.417 e. The SMILES string of the molecule is CCSC/C(=C\c1cn2ccccc2n1)c1nc2cc(C(F)(F)F)cnc2n1C. The van der Waals surface area contributed by atoms with Gasteiger partial charge in [0.15, 0.2) is 5.65 Å². The van der Waals surface area contributed by atoms with Crippen molar-refractivity contribution in [3.8, 4) is 0 Å². The molecule has 0 aliphatic rings. The number of hydrogen-bond donors (Lipinski definition) is 0. The maximum atomic E-state index is 13.0. The number of pyridine rings is 2. The number of imidazole rings is 2. The lowest BCUT2D eigenvalue weighted by Crippen LogP contribution is -2.05. The van der Waals surface area contributed by atoms with E-state index in [0.29, 0.717) is 17.2 Å². The van der Waals surface area contributed by atoms with Crippen LogP contribution in [0.3, 0.4) is 0 Å². The van der Waals surface area contributed by atoms with Crippen LogP contribution in [-0.2, 0) is 13.2 Å². The van der Waals surface area contributed by atoms with E-state index in [4.69, 9.17) is 0 Å². The molecule has 0 fully saturated rings. The van der Waals surface area contributed by atoms with Crippen molar-refractivity contribution in [2.75, 3.05) is 11.5 Å². The van der Waals surface area contributed by atoms with Crippen molar-refractivity contribution < 1.29 is 13.2 Å². The Bertz CT molecular complexity index is 1170. The molecule has 4 aromatic rings. The highest BCUT2D eigenvalue weighted by atomic mass is 32.2. The third-order valence-corrected chi connectivity index (χ3v) is 5.41. The molecule has 4 rings (SSSR count). The molecule has 0 radical (unpaired) electrons. The Hall–Kier alpha value is -2.81. The minimum absolute atomic E-state index is 0.222. The van der Waals surface area contributed by atoms with Crippen molar-refractivity contribution in [2.24, 2.45) is 7.05 Å². The number of aryl methyl sites for hydroxylation is 1. The highest BCUT2D eigenvalue weighted by molar-refractivity contribution is 7.99. The first-order chi connectivity index (χ1) is 13.9. The van der Waals surface area contributed by atoms with E-state index in [0.717, 1.165) is 34.9 Å². The molecule has 0 aliphatic heterocycles. The van der Waals surface area contributed by atoms with Crippen LogP contribution in [0, 0.1) is 0 Å². The summed E-state index contributed by atoms with van der Waals surface area (Å²) < 4.78 is 42.8. The highest BCUT2D eigenvalue weighted by Crippen LogP contribution is 2.31. The molecule has 150 valence electrons. The number of fused-ring (bicyclic) bond motifs is 2. The van der Waals surface area contributed by atoms with E-state index in [-0.39, 0.29) is 5.52 Å². The van der Waals surface area contributed by atoms with E-state index in [1.165, 1.54) is 0 Å². The zero-order chi connectivity index (χ0) is 20.6. The van der Waals surface area contributed by atoms with Gasteiger partial charge in [0.1, 0.15) is 17.0 Å². The molecule has 29 heavy (non-hydrogen) atoms. The quantitative estimate of drug-likeness (QED) is 0.462. The van der Waals surface area contributed by atoms with Gasteiger partial charge in [-0.2, -0.15) is 24.9 Å². The summed E-state index contributed by atoms with van der Waals surface area (Å²) in [5.74, 6) is 2.15. The Morgan fingerprint density at radius 2 is 2.07 bits per heavy atom. The topological polar surface area (TPSA) is 48.0 Å². The van der Waals surface area contributed by atoms with Crippen molar-refractivity contribution in [3.05, 3.63) is 59.9 Å². The second-order valence-corrected chi connectivity index (χ2v) is 7.77. The summed E-state index contributed by atoms with van der Waals surface area (Å²) in [6, 6.07) is 6.79. The van der Waals surface area contributed by atoms with E-state index in [2.05, 4.69) is 21.9 Å². The van der Waals surface area contributed by atoms with Gasteiger partial charge >= 0.3 is 6.18 Å². The third kappa shape index (κ3) is 3.87. The number of aromatic nitrogens is 5. The zero-order valence-corrected chi connectivity index (χ0v) is 16.6. The molecule has 9 heteroatoms. The Balaban J connectivity index is 1.82. The van der Waals surface area contributed by atoms with Crippen LogP contribution in [0.1, 0.15) is 24.0 Å². The molecule has 0 atom stereocenters. The number of halogens is 3. The smallest absolute Gasteiger partial charge is 0.312 e. The van der Waals surface area contributed by atoms with Gasteiger partial charge in [-0.3, -0.25) is 0 Å². The van der Waals surface area contributed by atoms with Crippen LogP contribution in [0.2, 0.25) is 0 Å². The monoisotopic (exact) mass is 417 g/mol. The van der Waals surface area contributed by atoms with E-state index in [9.17, 15) is 13.2 Å². The van der Waals surface area contributed by atoms with E-state index < -0.39 is 11.7 Å². The molecule has 0 saturated heterocycles. The minimum Gasteiger partial charge on any atom is -0.312 e. The fourth-order valence-electron chi connectivity index (χ4n) is 3.10. The molecule has 4 heterocycles. The number of hydrogen-bond acceptors (Lipinski definition) is 4. The van der Waals surface area contributed by atoms with Crippen LogP contribution < -0.4 is 0 Å². The van der Waals surface area contributed by atoms with Gasteiger partial charge in [-0.25, -0.2) is 15.0 Å². The summed E-state index contributed by atoms with van der Waals surface area (Å²) in [7, 11) is 1.76. The van der Waals surface area contributed by atoms with Gasteiger partial charge in [-0.1, -0.05) is 13.0 Å². The first-order valence-corrected chi connectivity index (χ1v) is 10.1. The molecule has 0 unspecified atom stereocenters. The lowest BCUT2D eigenvalue weighted by molar-refractivity contribution is -0.137. The van der Waals surface area contributed by atoms with Crippen LogP contribution in [0.4, 0.5) is 13.2 Å². The largest absolute Gasteiger partial charge is 0.417 e. The molecular formula is C20H18F3N5S. The first-order valence-electron chi connectivity index (χ1n) is 8.99. The lowest BCUT2D eigenvalue weighted by atomic mass is 10.2. The molecule has 5 nitrogen and oxygen atoms in total. The number of rotatable bonds is 5. The van der Waals surface area contributed by atoms with Crippen molar-refractivity contribution in [1.29, 1.82) is 0 Å². The molecule has 0 bridgehead atoms. The van der Waals surface area contributed by atoms with Crippen LogP contribution in [-0.4, -0.2) is 35.4 Å². The van der Waals surface area contributed by atoms with Gasteiger partial charge in [0.05, 0.1) is 11.3 Å². The Morgan fingerprint density at radius 1 is 1.24 bits per heavy atom. The average molecular weight is 417 g/mol. The van der Waals surface area contributed by atoms with E-state index >= 15 is 0 Å². The first kappa shape index (κ1) is 19.5. The predicted molar refractivity (Wildman–Crippen MR) is 110 cm³/mol. The van der Waals surface area contributed by atoms with Crippen molar-refractivity contribution in [2.45, 2.75) is 13.1 Å². The Kier molecular flexibility index (Phi) is 5.08. The molecule has 0 aliphatic carbocycles. The normalized spacial score (nSPS) is 12.9. The van der Waals surface area contributed by atoms with Crippen LogP contribution in [0.5, 0.6) is 0 Å². The number of alkyl halides is 3. The zero-order valence-electron chi connectivity index (χ0n) is 15.8. The van der Waals surface area contributed by atoms with Crippen molar-refractivity contribution in [1.82, 2.24) is 23.9 Å². The maximum absolute atomic E-state index is 13.0. The van der Waals surface area contributed by atoms with Crippen molar-refractivity contribution >= 4 is 40.2 Å². The number of nitrogens with zero attached hydrogens (tertiary/aromatic N) is 5. The van der Waals surface area contributed by atoms with Gasteiger partial charge in [0.25, 0.3) is 0 Å². The van der Waals surface area contributed by atoms with Crippen LogP contribution in [0.15, 0.2) is 42.9 Å². The summed E-state index contributed by atoms with van der Waals surface area (Å²) in [5, 5.41) is 0. The fraction of sp³-hybridized carbons (Fsp3) is 0.250. The van der Waals surface area contributed by atoms with Gasteiger partial charge < -0.3 is 8.97 Å². The molecule has 0 saturated carbocycles. The van der Waals surface area contributed by atoms with Crippen molar-refractivity contribution in [3.63, 3.8) is 0 Å². The van der Waals surface area contributed by atoms with E-state index in [1.54, 1.807) is 23.4 Å². The number of thioether (sulfide) groups is 1. The third-order valence-electron chi connectivity index (χ3n) is 4.49. The minimum atomic E-state index is -4.45. The summed E-state index contributed by atoms with van der Waals surface area (Å²) in [4.78, 5) is 13.1. The van der Waals surface area contributed by atoms with Crippen LogP contribution >= 0.6 is 11.8 Å². The van der Waals surface area contributed by atoms with Gasteiger partial charge in [-0.15, -0.1) is 0 Å². The van der Waals surface area contributed by atoms with Gasteiger partial charge in [-0.05, 0) is 30.0 Å². The summed E-state index contributed by atoms with van der Waals surface area (Å²) in [6.07, 6.45) is 2.15. The average Bonchev–Trinajstić information content (AvgIpc) is 3.24. The summed E-state index contributed by atoms with van der Waals surface area (Å²) in [5.41, 5.74) is 2.30. The molecule has 0 amide bonds. The van der Waals surface area contributed by atoms with Gasteiger partial charge in [0.2, 0.25) is 0 Å². The lowest BCUT2D eigenvalue weighted by Gasteiger charge is -2.07. The molecular weight excluding hydrogens is 399 g/mol. The molecule has 0 spiro atoms. The molecule has 0 aromatic carbocycles. The molecule has 0 N–H and O–H groups in total. The Labute approximate surface area is 169 Å². The standard InChI is InChI=1S/C20H18F3N5S/c1-3-29-12-13(8-15-11-28-7-5-4-6-17(28)25-15)18-26-16-9-14(20(21,22)23)10-24-19(16)27(18)2/h4-11H,3,12H2,1-2H3/b13-8+. The van der Waals surface area contributed by atoms with Crippen LogP contribution in [0.25, 0.3) is 28.5 Å². The second-order valence-electron chi connectivity index (χ2n) is 6.50. The highest BCUT2D eigenvalue weighted by Gasteiger charge is 2.31. The van der Waals surface area contributed by atoms with E-state index in [1.807, 2.05) is 41.1 Å².